The predicted molar refractivity (Wildman–Crippen MR) is 89.1 cm³/mol. The molecule has 0 aliphatic rings. The zero-order valence-electron chi connectivity index (χ0n) is 12.8. The highest BCUT2D eigenvalue weighted by Crippen LogP contribution is 2.17. The van der Waals surface area contributed by atoms with Crippen LogP contribution in [-0.2, 0) is 16.1 Å². The minimum absolute atomic E-state index is 0.297. The molecule has 0 aliphatic carbocycles. The van der Waals surface area contributed by atoms with Gasteiger partial charge in [-0.2, -0.15) is 0 Å². The Hall–Kier alpha value is -3.08. The van der Waals surface area contributed by atoms with Crippen molar-refractivity contribution in [3.63, 3.8) is 0 Å². The number of esters is 1. The molecule has 118 valence electrons. The molecule has 5 nitrogen and oxygen atoms in total. The molecule has 0 atom stereocenters. The highest BCUT2D eigenvalue weighted by atomic mass is 16.5. The Morgan fingerprint density at radius 3 is 2.39 bits per heavy atom. The van der Waals surface area contributed by atoms with E-state index < -0.39 is 5.97 Å². The van der Waals surface area contributed by atoms with Gasteiger partial charge in [0.2, 0.25) is 0 Å². The minimum atomic E-state index is -0.726. The third kappa shape index (κ3) is 4.71. The largest absolute Gasteiger partial charge is 0.489 e. The van der Waals surface area contributed by atoms with Crippen LogP contribution in [0.5, 0.6) is 5.75 Å². The van der Waals surface area contributed by atoms with Crippen molar-refractivity contribution < 1.29 is 14.3 Å². The lowest BCUT2D eigenvalue weighted by Crippen LogP contribution is -2.13. The Labute approximate surface area is 134 Å². The van der Waals surface area contributed by atoms with E-state index in [4.69, 9.17) is 15.9 Å². The van der Waals surface area contributed by atoms with E-state index in [0.29, 0.717) is 23.6 Å². The number of nitrogens with two attached hydrogens (primary N) is 1. The Kier molecular flexibility index (Phi) is 5.52. The van der Waals surface area contributed by atoms with Gasteiger partial charge in [-0.25, -0.2) is 4.79 Å². The SMILES string of the molecule is COC(=O)C(=N)/C=C(\N)c1ccc(OCc2ccccc2)cc1. The van der Waals surface area contributed by atoms with Gasteiger partial charge in [-0.3, -0.25) is 5.41 Å². The third-order valence-electron chi connectivity index (χ3n) is 3.14. The van der Waals surface area contributed by atoms with E-state index in [9.17, 15) is 4.79 Å². The zero-order valence-corrected chi connectivity index (χ0v) is 12.8. The van der Waals surface area contributed by atoms with E-state index in [1.165, 1.54) is 13.2 Å². The van der Waals surface area contributed by atoms with Crippen LogP contribution in [0.3, 0.4) is 0 Å². The molecule has 23 heavy (non-hydrogen) atoms. The normalized spacial score (nSPS) is 10.9. The van der Waals surface area contributed by atoms with E-state index in [2.05, 4.69) is 4.74 Å². The quantitative estimate of drug-likeness (QED) is 0.634. The third-order valence-corrected chi connectivity index (χ3v) is 3.14. The van der Waals surface area contributed by atoms with Gasteiger partial charge in [0.1, 0.15) is 18.1 Å². The fourth-order valence-corrected chi connectivity index (χ4v) is 1.89. The van der Waals surface area contributed by atoms with Gasteiger partial charge < -0.3 is 15.2 Å². The predicted octanol–water partition coefficient (Wildman–Crippen LogP) is 2.76. The molecular weight excluding hydrogens is 292 g/mol. The summed E-state index contributed by atoms with van der Waals surface area (Å²) >= 11 is 0. The van der Waals surface area contributed by atoms with Crippen molar-refractivity contribution >= 4 is 17.4 Å². The lowest BCUT2D eigenvalue weighted by molar-refractivity contribution is -0.132. The number of methoxy groups -OCH3 is 1. The van der Waals surface area contributed by atoms with Crippen molar-refractivity contribution in [2.24, 2.45) is 5.73 Å². The van der Waals surface area contributed by atoms with E-state index in [-0.39, 0.29) is 5.71 Å². The number of nitrogens with one attached hydrogen (secondary N) is 1. The smallest absolute Gasteiger partial charge is 0.356 e. The van der Waals surface area contributed by atoms with Gasteiger partial charge in [-0.05, 0) is 41.5 Å². The lowest BCUT2D eigenvalue weighted by Gasteiger charge is -2.08. The van der Waals surface area contributed by atoms with E-state index in [1.54, 1.807) is 24.3 Å². The molecule has 0 unspecified atom stereocenters. The molecule has 3 N–H and O–H groups in total. The van der Waals surface area contributed by atoms with Crippen LogP contribution < -0.4 is 10.5 Å². The maximum absolute atomic E-state index is 11.2. The van der Waals surface area contributed by atoms with Crippen LogP contribution in [-0.4, -0.2) is 18.8 Å². The van der Waals surface area contributed by atoms with Crippen molar-refractivity contribution in [2.75, 3.05) is 7.11 Å². The summed E-state index contributed by atoms with van der Waals surface area (Å²) in [4.78, 5) is 11.2. The molecule has 2 aromatic rings. The Balaban J connectivity index is 2.00. The van der Waals surface area contributed by atoms with Crippen molar-refractivity contribution in [1.82, 2.24) is 0 Å². The van der Waals surface area contributed by atoms with Crippen LogP contribution in [0.1, 0.15) is 11.1 Å². The fourth-order valence-electron chi connectivity index (χ4n) is 1.89. The number of benzene rings is 2. The van der Waals surface area contributed by atoms with Crippen LogP contribution in [0.4, 0.5) is 0 Å². The molecular formula is C18H18N2O3. The first kappa shape index (κ1) is 16.3. The maximum atomic E-state index is 11.2. The van der Waals surface area contributed by atoms with Crippen LogP contribution >= 0.6 is 0 Å². The highest BCUT2D eigenvalue weighted by molar-refractivity contribution is 6.40. The van der Waals surface area contributed by atoms with Crippen LogP contribution in [0.15, 0.2) is 60.7 Å². The molecule has 0 amide bonds. The molecule has 0 fully saturated rings. The molecule has 2 aromatic carbocycles. The zero-order chi connectivity index (χ0) is 16.7. The van der Waals surface area contributed by atoms with Gasteiger partial charge in [-0.1, -0.05) is 30.3 Å². The fraction of sp³-hybridized carbons (Fsp3) is 0.111. The van der Waals surface area contributed by atoms with E-state index in [1.807, 2.05) is 30.3 Å². The van der Waals surface area contributed by atoms with Crippen molar-refractivity contribution in [3.05, 3.63) is 71.8 Å². The van der Waals surface area contributed by atoms with Crippen molar-refractivity contribution in [1.29, 1.82) is 5.41 Å². The second-order valence-electron chi connectivity index (χ2n) is 4.80. The summed E-state index contributed by atoms with van der Waals surface area (Å²) in [7, 11) is 1.22. The molecule has 0 saturated carbocycles. The molecule has 0 bridgehead atoms. The second kappa shape index (κ2) is 7.79. The van der Waals surface area contributed by atoms with Crippen molar-refractivity contribution in [3.8, 4) is 5.75 Å². The summed E-state index contributed by atoms with van der Waals surface area (Å²) in [6.07, 6.45) is 1.27. The van der Waals surface area contributed by atoms with Gasteiger partial charge in [-0.15, -0.1) is 0 Å². The molecule has 2 rings (SSSR count). The molecule has 0 aliphatic heterocycles. The molecule has 0 radical (unpaired) electrons. The number of carbonyl (C=O) groups is 1. The number of hydrogen-bond acceptors (Lipinski definition) is 5. The van der Waals surface area contributed by atoms with Crippen LogP contribution in [0, 0.1) is 5.41 Å². The molecule has 5 heteroatoms. The van der Waals surface area contributed by atoms with Crippen LogP contribution in [0.2, 0.25) is 0 Å². The average molecular weight is 310 g/mol. The summed E-state index contributed by atoms with van der Waals surface area (Å²) in [5, 5.41) is 7.52. The van der Waals surface area contributed by atoms with Gasteiger partial charge in [0, 0.05) is 5.70 Å². The first-order valence-corrected chi connectivity index (χ1v) is 7.01. The summed E-state index contributed by atoms with van der Waals surface area (Å²) < 4.78 is 10.1. The first-order valence-electron chi connectivity index (χ1n) is 7.01. The van der Waals surface area contributed by atoms with Gasteiger partial charge in [0.25, 0.3) is 0 Å². The molecule has 0 aromatic heterocycles. The highest BCUT2D eigenvalue weighted by Gasteiger charge is 2.07. The Morgan fingerprint density at radius 1 is 1.13 bits per heavy atom. The summed E-state index contributed by atoms with van der Waals surface area (Å²) in [6, 6.07) is 17.0. The first-order chi connectivity index (χ1) is 11.1. The lowest BCUT2D eigenvalue weighted by atomic mass is 10.1. The summed E-state index contributed by atoms with van der Waals surface area (Å²) in [5.41, 5.74) is 7.68. The minimum Gasteiger partial charge on any atom is -0.489 e. The molecule has 0 heterocycles. The second-order valence-corrected chi connectivity index (χ2v) is 4.80. The van der Waals surface area contributed by atoms with Gasteiger partial charge >= 0.3 is 5.97 Å². The summed E-state index contributed by atoms with van der Waals surface area (Å²) in [5.74, 6) is -0.00999. The van der Waals surface area contributed by atoms with Gasteiger partial charge in [0.05, 0.1) is 7.11 Å². The van der Waals surface area contributed by atoms with E-state index >= 15 is 0 Å². The molecule has 0 saturated heterocycles. The average Bonchev–Trinajstić information content (AvgIpc) is 2.60. The Morgan fingerprint density at radius 2 is 1.78 bits per heavy atom. The van der Waals surface area contributed by atoms with E-state index in [0.717, 1.165) is 5.56 Å². The maximum Gasteiger partial charge on any atom is 0.356 e. The standard InChI is InChI=1S/C18H18N2O3/c1-22-18(21)17(20)11-16(19)14-7-9-15(10-8-14)23-12-13-5-3-2-4-6-13/h2-11,20H,12,19H2,1H3/b16-11-,20-17?. The van der Waals surface area contributed by atoms with Gasteiger partial charge in [0.15, 0.2) is 0 Å². The number of hydrogen-bond donors (Lipinski definition) is 2. The number of carbonyl (C=O) groups excluding carboxylic acids is 1. The van der Waals surface area contributed by atoms with Crippen molar-refractivity contribution in [2.45, 2.75) is 6.61 Å². The number of ether oxygens (including phenoxy) is 2. The monoisotopic (exact) mass is 310 g/mol. The summed E-state index contributed by atoms with van der Waals surface area (Å²) in [6.45, 7) is 0.485. The molecule has 0 spiro atoms. The van der Waals surface area contributed by atoms with Crippen LogP contribution in [0.25, 0.3) is 5.70 Å². The topological polar surface area (TPSA) is 85.4 Å². The number of rotatable bonds is 6. The Bertz CT molecular complexity index is 707.